The van der Waals surface area contributed by atoms with E-state index in [0.717, 1.165) is 12.8 Å². The van der Waals surface area contributed by atoms with Gasteiger partial charge in [-0.1, -0.05) is 0 Å². The van der Waals surface area contributed by atoms with Gasteiger partial charge in [0.15, 0.2) is 0 Å². The second-order valence-electron chi connectivity index (χ2n) is 8.17. The van der Waals surface area contributed by atoms with Gasteiger partial charge in [-0.3, -0.25) is 0 Å². The molecule has 2 aromatic carbocycles. The van der Waals surface area contributed by atoms with Crippen LogP contribution in [-0.4, -0.2) is 26.3 Å². The molecule has 34 heavy (non-hydrogen) atoms. The third-order valence-corrected chi connectivity index (χ3v) is 12.6. The molecule has 0 fully saturated rings. The molecular weight excluding hydrogens is 542 g/mol. The molecule has 0 bridgehead atoms. The van der Waals surface area contributed by atoms with E-state index in [1.165, 1.54) is 71.4 Å². The molecule has 0 saturated heterocycles. The average Bonchev–Trinajstić information content (AvgIpc) is 2.87. The van der Waals surface area contributed by atoms with Crippen LogP contribution in [-0.2, 0) is 0 Å². The Kier molecular flexibility index (Phi) is 16.2. The molecule has 178 valence electrons. The van der Waals surface area contributed by atoms with Gasteiger partial charge in [-0.15, -0.1) is 0 Å². The minimum atomic E-state index is 0.427. The molecule has 0 unspecified atom stereocenters. The van der Waals surface area contributed by atoms with Crippen LogP contribution >= 0.6 is 0 Å². The molecule has 0 heterocycles. The number of rotatable bonds is 13. The summed E-state index contributed by atoms with van der Waals surface area (Å²) in [7, 11) is 0. The van der Waals surface area contributed by atoms with E-state index in [1.54, 1.807) is 0 Å². The molecule has 2 heteroatoms. The summed E-state index contributed by atoms with van der Waals surface area (Å²) in [5, 5.41) is 0. The molecule has 0 spiro atoms. The molecule has 0 N–H and O–H groups in total. The molecule has 2 aromatic rings. The van der Waals surface area contributed by atoms with Crippen molar-refractivity contribution < 1.29 is 0 Å². The SMILES string of the molecule is CCCCCCC#C/C=C\c1ccccc1[Se][Se]c1ccccc1/C=C\C#CCCCCCC. The van der Waals surface area contributed by atoms with E-state index < -0.39 is 0 Å². The van der Waals surface area contributed by atoms with Crippen molar-refractivity contribution in [1.29, 1.82) is 0 Å². The van der Waals surface area contributed by atoms with Gasteiger partial charge in [0, 0.05) is 0 Å². The third kappa shape index (κ3) is 12.5. The van der Waals surface area contributed by atoms with Crippen LogP contribution in [0.25, 0.3) is 12.2 Å². The van der Waals surface area contributed by atoms with E-state index in [-0.39, 0.29) is 0 Å². The van der Waals surface area contributed by atoms with Gasteiger partial charge in [0.25, 0.3) is 0 Å². The number of benzene rings is 2. The van der Waals surface area contributed by atoms with Crippen LogP contribution in [0.1, 0.15) is 89.2 Å². The van der Waals surface area contributed by atoms with Gasteiger partial charge in [0.2, 0.25) is 0 Å². The Morgan fingerprint density at radius 2 is 1.03 bits per heavy atom. The minimum absolute atomic E-state index is 0.427. The molecular formula is C32H38Se2. The van der Waals surface area contributed by atoms with Crippen LogP contribution in [0.4, 0.5) is 0 Å². The Morgan fingerprint density at radius 3 is 1.47 bits per heavy atom. The Morgan fingerprint density at radius 1 is 0.588 bits per heavy atom. The first-order valence-corrected chi connectivity index (χ1v) is 18.7. The van der Waals surface area contributed by atoms with Gasteiger partial charge in [-0.05, 0) is 0 Å². The predicted molar refractivity (Wildman–Crippen MR) is 155 cm³/mol. The Bertz CT molecular complexity index is 925. The van der Waals surface area contributed by atoms with Crippen LogP contribution in [0.5, 0.6) is 0 Å². The standard InChI is InChI=1S/C32H38Se2/c1-3-5-7-9-11-13-15-17-23-29-25-19-21-27-31(29)33-34-32-28-22-20-26-30(32)24-18-16-14-12-10-8-6-4-2/h17-28H,3-12H2,1-2H3/b23-17-,24-18-. The first-order chi connectivity index (χ1) is 16.8. The Hall–Kier alpha value is -1.92. The average molecular weight is 581 g/mol. The van der Waals surface area contributed by atoms with Crippen molar-refractivity contribution in [2.45, 2.75) is 78.1 Å². The van der Waals surface area contributed by atoms with E-state index in [4.69, 9.17) is 0 Å². The molecule has 0 aliphatic heterocycles. The van der Waals surface area contributed by atoms with Crippen molar-refractivity contribution >= 4 is 47.3 Å². The number of unbranched alkanes of at least 4 members (excludes halogenated alkanes) is 8. The molecule has 2 rings (SSSR count). The van der Waals surface area contributed by atoms with E-state index in [1.807, 2.05) is 12.2 Å². The number of hydrogen-bond acceptors (Lipinski definition) is 0. The van der Waals surface area contributed by atoms with Crippen molar-refractivity contribution in [3.05, 3.63) is 71.8 Å². The second kappa shape index (κ2) is 19.4. The fourth-order valence-corrected chi connectivity index (χ4v) is 10.5. The fraction of sp³-hybridized carbons (Fsp3) is 0.375. The molecule has 0 radical (unpaired) electrons. The first-order valence-electron chi connectivity index (χ1n) is 12.7. The predicted octanol–water partition coefficient (Wildman–Crippen LogP) is 6.93. The van der Waals surface area contributed by atoms with Crippen molar-refractivity contribution in [2.75, 3.05) is 0 Å². The van der Waals surface area contributed by atoms with Crippen LogP contribution < -0.4 is 8.92 Å². The van der Waals surface area contributed by atoms with Crippen molar-refractivity contribution in [3.63, 3.8) is 0 Å². The monoisotopic (exact) mass is 582 g/mol. The van der Waals surface area contributed by atoms with Crippen LogP contribution in [0.15, 0.2) is 60.7 Å². The fourth-order valence-electron chi connectivity index (χ4n) is 3.28. The molecule has 0 atom stereocenters. The number of allylic oxidation sites excluding steroid dienone is 2. The third-order valence-electron chi connectivity index (χ3n) is 5.27. The van der Waals surface area contributed by atoms with Gasteiger partial charge in [0.05, 0.1) is 0 Å². The molecule has 0 aliphatic carbocycles. The summed E-state index contributed by atoms with van der Waals surface area (Å²) in [6, 6.07) is 17.6. The molecule has 0 aliphatic rings. The van der Waals surface area contributed by atoms with Crippen LogP contribution in [0.3, 0.4) is 0 Å². The summed E-state index contributed by atoms with van der Waals surface area (Å²) in [4.78, 5) is 0. The van der Waals surface area contributed by atoms with Gasteiger partial charge in [-0.25, -0.2) is 0 Å². The van der Waals surface area contributed by atoms with E-state index >= 15 is 0 Å². The molecule has 0 saturated carbocycles. The van der Waals surface area contributed by atoms with Crippen molar-refractivity contribution in [1.82, 2.24) is 0 Å². The zero-order valence-corrected chi connectivity index (χ0v) is 24.2. The van der Waals surface area contributed by atoms with E-state index in [2.05, 4.69) is 98.2 Å². The Labute approximate surface area is 220 Å². The van der Waals surface area contributed by atoms with Crippen LogP contribution in [0, 0.1) is 23.7 Å². The van der Waals surface area contributed by atoms with Gasteiger partial charge >= 0.3 is 221 Å². The second-order valence-corrected chi connectivity index (χ2v) is 14.4. The quantitative estimate of drug-likeness (QED) is 0.137. The zero-order valence-electron chi connectivity index (χ0n) is 20.8. The summed E-state index contributed by atoms with van der Waals surface area (Å²) in [5.74, 6) is 13.0. The first kappa shape index (κ1) is 28.3. The van der Waals surface area contributed by atoms with Gasteiger partial charge in [-0.2, -0.15) is 0 Å². The molecule has 0 amide bonds. The van der Waals surface area contributed by atoms with Crippen molar-refractivity contribution in [2.24, 2.45) is 0 Å². The van der Waals surface area contributed by atoms with Gasteiger partial charge in [0.1, 0.15) is 0 Å². The summed E-state index contributed by atoms with van der Waals surface area (Å²) < 4.78 is 2.92. The van der Waals surface area contributed by atoms with Gasteiger partial charge < -0.3 is 0 Å². The Balaban J connectivity index is 1.91. The topological polar surface area (TPSA) is 0 Å². The van der Waals surface area contributed by atoms with E-state index in [0.29, 0.717) is 26.3 Å². The maximum absolute atomic E-state index is 3.29. The maximum atomic E-state index is 3.29. The summed E-state index contributed by atoms with van der Waals surface area (Å²) >= 11 is 0.854. The summed E-state index contributed by atoms with van der Waals surface area (Å²) in [6.45, 7) is 4.49. The summed E-state index contributed by atoms with van der Waals surface area (Å²) in [6.07, 6.45) is 20.7. The van der Waals surface area contributed by atoms with Crippen LogP contribution in [0.2, 0.25) is 0 Å². The number of hydrogen-bond donors (Lipinski definition) is 0. The van der Waals surface area contributed by atoms with E-state index in [9.17, 15) is 0 Å². The van der Waals surface area contributed by atoms with Crippen molar-refractivity contribution in [3.8, 4) is 23.7 Å². The zero-order chi connectivity index (χ0) is 24.1. The summed E-state index contributed by atoms with van der Waals surface area (Å²) in [5.41, 5.74) is 2.62. The normalized spacial score (nSPS) is 10.8. The molecule has 0 aromatic heterocycles. The molecule has 0 nitrogen and oxygen atoms in total.